The fourth-order valence-corrected chi connectivity index (χ4v) is 3.94. The monoisotopic (exact) mass is 408 g/mol. The molecule has 30 heavy (non-hydrogen) atoms. The highest BCUT2D eigenvalue weighted by molar-refractivity contribution is 5.83. The van der Waals surface area contributed by atoms with Crippen molar-refractivity contribution in [3.63, 3.8) is 0 Å². The summed E-state index contributed by atoms with van der Waals surface area (Å²) in [4.78, 5) is 13.2. The summed E-state index contributed by atoms with van der Waals surface area (Å²) >= 11 is 0. The number of carbonyl (C=O) groups excluding carboxylic acids is 1. The molecular formula is C24H25FN2O3. The zero-order chi connectivity index (χ0) is 21.0. The molecule has 0 saturated carbocycles. The molecule has 6 heteroatoms. The smallest absolute Gasteiger partial charge is 0.227 e. The molecule has 1 amide bonds. The van der Waals surface area contributed by atoms with Gasteiger partial charge in [-0.1, -0.05) is 41.6 Å². The van der Waals surface area contributed by atoms with Crippen LogP contribution in [-0.2, 0) is 22.5 Å². The summed E-state index contributed by atoms with van der Waals surface area (Å²) < 4.78 is 24.2. The topological polar surface area (TPSA) is 64.4 Å². The Kier molecular flexibility index (Phi) is 5.95. The molecule has 1 aromatic heterocycles. The van der Waals surface area contributed by atoms with Gasteiger partial charge >= 0.3 is 0 Å². The van der Waals surface area contributed by atoms with Crippen LogP contribution in [0.1, 0.15) is 29.7 Å². The van der Waals surface area contributed by atoms with Crippen molar-refractivity contribution in [2.75, 3.05) is 13.2 Å². The standard InChI is InChI=1S/C24H25FN2O3/c1-17-4-2-3-5-21(17)22-14-20(30-27-22)15-24(10-12-29-13-11-24)23(28)26-16-18-6-8-19(25)9-7-18/h2-9,14H,10-13,15-16H2,1H3,(H,26,28). The molecule has 0 spiro atoms. The van der Waals surface area contributed by atoms with E-state index in [9.17, 15) is 9.18 Å². The van der Waals surface area contributed by atoms with Gasteiger partial charge in [0.15, 0.2) is 0 Å². The molecule has 0 atom stereocenters. The molecule has 1 saturated heterocycles. The van der Waals surface area contributed by atoms with Gasteiger partial charge in [-0.15, -0.1) is 0 Å². The maximum Gasteiger partial charge on any atom is 0.227 e. The van der Waals surface area contributed by atoms with Crippen molar-refractivity contribution in [2.24, 2.45) is 5.41 Å². The van der Waals surface area contributed by atoms with E-state index in [0.717, 1.165) is 22.4 Å². The van der Waals surface area contributed by atoms with Crippen molar-refractivity contribution < 1.29 is 18.4 Å². The molecule has 1 aliphatic rings. The summed E-state index contributed by atoms with van der Waals surface area (Å²) in [5.74, 6) is 0.358. The molecule has 5 nitrogen and oxygen atoms in total. The van der Waals surface area contributed by atoms with Crippen LogP contribution in [0.15, 0.2) is 59.1 Å². The normalized spacial score (nSPS) is 15.7. The second-order valence-corrected chi connectivity index (χ2v) is 7.87. The Labute approximate surface area is 175 Å². The number of carbonyl (C=O) groups is 1. The van der Waals surface area contributed by atoms with Gasteiger partial charge in [0.2, 0.25) is 5.91 Å². The quantitative estimate of drug-likeness (QED) is 0.655. The van der Waals surface area contributed by atoms with Gasteiger partial charge in [0, 0.05) is 37.8 Å². The fourth-order valence-electron chi connectivity index (χ4n) is 3.94. The van der Waals surface area contributed by atoms with Gasteiger partial charge in [0.1, 0.15) is 17.3 Å². The SMILES string of the molecule is Cc1ccccc1-c1cc(CC2(C(=O)NCc3ccc(F)cc3)CCOCC2)on1. The maximum atomic E-state index is 13.2. The van der Waals surface area contributed by atoms with Crippen LogP contribution >= 0.6 is 0 Å². The average Bonchev–Trinajstić information content (AvgIpc) is 3.22. The first kappa shape index (κ1) is 20.3. The van der Waals surface area contributed by atoms with Gasteiger partial charge in [-0.05, 0) is 43.0 Å². The van der Waals surface area contributed by atoms with Gasteiger partial charge in [0.05, 0.1) is 5.41 Å². The Hall–Kier alpha value is -2.99. The minimum absolute atomic E-state index is 0.0380. The van der Waals surface area contributed by atoms with Crippen molar-refractivity contribution >= 4 is 5.91 Å². The third kappa shape index (κ3) is 4.44. The molecule has 1 N–H and O–H groups in total. The molecular weight excluding hydrogens is 383 g/mol. The number of amides is 1. The van der Waals surface area contributed by atoms with Crippen LogP contribution < -0.4 is 5.32 Å². The molecule has 0 radical (unpaired) electrons. The molecule has 2 heterocycles. The first-order valence-corrected chi connectivity index (χ1v) is 10.2. The maximum absolute atomic E-state index is 13.2. The molecule has 0 aliphatic carbocycles. The van der Waals surface area contributed by atoms with Crippen molar-refractivity contribution in [2.45, 2.75) is 32.7 Å². The average molecular weight is 408 g/mol. The molecule has 3 aromatic rings. The van der Waals surface area contributed by atoms with Gasteiger partial charge in [0.25, 0.3) is 0 Å². The zero-order valence-electron chi connectivity index (χ0n) is 17.0. The molecule has 0 bridgehead atoms. The summed E-state index contributed by atoms with van der Waals surface area (Å²) in [6, 6.07) is 16.1. The number of nitrogens with zero attached hydrogens (tertiary/aromatic N) is 1. The van der Waals surface area contributed by atoms with Crippen molar-refractivity contribution in [1.82, 2.24) is 10.5 Å². The summed E-state index contributed by atoms with van der Waals surface area (Å²) in [5, 5.41) is 7.25. The van der Waals surface area contributed by atoms with Gasteiger partial charge in [-0.2, -0.15) is 0 Å². The zero-order valence-corrected chi connectivity index (χ0v) is 17.0. The van der Waals surface area contributed by atoms with E-state index in [4.69, 9.17) is 9.26 Å². The summed E-state index contributed by atoms with van der Waals surface area (Å²) in [7, 11) is 0. The number of benzene rings is 2. The number of rotatable bonds is 6. The predicted molar refractivity (Wildman–Crippen MR) is 111 cm³/mol. The van der Waals surface area contributed by atoms with E-state index in [0.29, 0.717) is 44.8 Å². The van der Waals surface area contributed by atoms with E-state index in [1.54, 1.807) is 12.1 Å². The second-order valence-electron chi connectivity index (χ2n) is 7.87. The number of aromatic nitrogens is 1. The number of ether oxygens (including phenoxy) is 1. The number of hydrogen-bond acceptors (Lipinski definition) is 4. The number of aryl methyl sites for hydroxylation is 1. The van der Waals surface area contributed by atoms with Crippen LogP contribution in [0.3, 0.4) is 0 Å². The van der Waals surface area contributed by atoms with E-state index in [1.165, 1.54) is 12.1 Å². The van der Waals surface area contributed by atoms with E-state index < -0.39 is 5.41 Å². The van der Waals surface area contributed by atoms with Crippen molar-refractivity contribution in [1.29, 1.82) is 0 Å². The van der Waals surface area contributed by atoms with Crippen LogP contribution in [0.5, 0.6) is 0 Å². The summed E-state index contributed by atoms with van der Waals surface area (Å²) in [6.07, 6.45) is 1.69. The Morgan fingerprint density at radius 3 is 2.60 bits per heavy atom. The Balaban J connectivity index is 1.50. The van der Waals surface area contributed by atoms with Gasteiger partial charge in [-0.3, -0.25) is 4.79 Å². The highest BCUT2D eigenvalue weighted by Gasteiger charge is 2.41. The van der Waals surface area contributed by atoms with Crippen LogP contribution in [0.4, 0.5) is 4.39 Å². The molecule has 1 fully saturated rings. The third-order valence-electron chi connectivity index (χ3n) is 5.79. The number of hydrogen-bond donors (Lipinski definition) is 1. The second kappa shape index (κ2) is 8.79. The Morgan fingerprint density at radius 1 is 1.13 bits per heavy atom. The van der Waals surface area contributed by atoms with Crippen molar-refractivity contribution in [3.8, 4) is 11.3 Å². The Bertz CT molecular complexity index is 1010. The van der Waals surface area contributed by atoms with Gasteiger partial charge in [-0.25, -0.2) is 4.39 Å². The van der Waals surface area contributed by atoms with Crippen LogP contribution in [-0.4, -0.2) is 24.3 Å². The lowest BCUT2D eigenvalue weighted by Crippen LogP contribution is -2.45. The molecule has 156 valence electrons. The van der Waals surface area contributed by atoms with Gasteiger partial charge < -0.3 is 14.6 Å². The largest absolute Gasteiger partial charge is 0.381 e. The number of halogens is 1. The van der Waals surface area contributed by atoms with Crippen LogP contribution in [0.25, 0.3) is 11.3 Å². The van der Waals surface area contributed by atoms with E-state index in [1.807, 2.05) is 37.3 Å². The highest BCUT2D eigenvalue weighted by Crippen LogP contribution is 2.36. The lowest BCUT2D eigenvalue weighted by atomic mass is 9.75. The lowest BCUT2D eigenvalue weighted by molar-refractivity contribution is -0.137. The molecule has 2 aromatic carbocycles. The Morgan fingerprint density at radius 2 is 1.87 bits per heavy atom. The van der Waals surface area contributed by atoms with E-state index in [-0.39, 0.29) is 11.7 Å². The van der Waals surface area contributed by atoms with E-state index >= 15 is 0 Å². The molecule has 0 unspecified atom stereocenters. The highest BCUT2D eigenvalue weighted by atomic mass is 19.1. The molecule has 4 rings (SSSR count). The third-order valence-corrected chi connectivity index (χ3v) is 5.79. The molecule has 1 aliphatic heterocycles. The van der Waals surface area contributed by atoms with Crippen LogP contribution in [0, 0.1) is 18.2 Å². The lowest BCUT2D eigenvalue weighted by Gasteiger charge is -2.35. The number of nitrogens with one attached hydrogen (secondary N) is 1. The van der Waals surface area contributed by atoms with Crippen molar-refractivity contribution in [3.05, 3.63) is 77.3 Å². The van der Waals surface area contributed by atoms with Crippen LogP contribution in [0.2, 0.25) is 0 Å². The summed E-state index contributed by atoms with van der Waals surface area (Å²) in [5.41, 5.74) is 3.16. The summed E-state index contributed by atoms with van der Waals surface area (Å²) in [6.45, 7) is 3.45. The minimum atomic E-state index is -0.610. The predicted octanol–water partition coefficient (Wildman–Crippen LogP) is 4.44. The van der Waals surface area contributed by atoms with E-state index in [2.05, 4.69) is 10.5 Å². The fraction of sp³-hybridized carbons (Fsp3) is 0.333. The first-order valence-electron chi connectivity index (χ1n) is 10.2. The minimum Gasteiger partial charge on any atom is -0.381 e. The first-order chi connectivity index (χ1) is 14.6.